The van der Waals surface area contributed by atoms with Crippen LogP contribution in [0.4, 0.5) is 4.79 Å². The first kappa shape index (κ1) is 17.2. The van der Waals surface area contributed by atoms with Crippen LogP contribution in [0.25, 0.3) is 0 Å². The minimum absolute atomic E-state index is 0.0575. The quantitative estimate of drug-likeness (QED) is 0.620. The van der Waals surface area contributed by atoms with E-state index in [2.05, 4.69) is 10.6 Å². The first-order valence-electron chi connectivity index (χ1n) is 6.19. The third-order valence-corrected chi connectivity index (χ3v) is 3.23. The van der Waals surface area contributed by atoms with Crippen LogP contribution in [0, 0.1) is 5.41 Å². The fraction of sp³-hybridized carbons (Fsp3) is 0.750. The Labute approximate surface area is 113 Å². The maximum Gasteiger partial charge on any atom is 0.317 e. The number of carbonyl (C=O) groups excluding carboxylic acids is 2. The maximum atomic E-state index is 11.7. The summed E-state index contributed by atoms with van der Waals surface area (Å²) in [6.07, 6.45) is 0.634. The highest BCUT2D eigenvalue weighted by atomic mass is 16.4. The Morgan fingerprint density at radius 3 is 2.32 bits per heavy atom. The molecule has 7 nitrogen and oxygen atoms in total. The van der Waals surface area contributed by atoms with Crippen LogP contribution in [0.2, 0.25) is 0 Å². The lowest BCUT2D eigenvalue weighted by Gasteiger charge is -2.25. The van der Waals surface area contributed by atoms with E-state index in [1.54, 1.807) is 20.9 Å². The van der Waals surface area contributed by atoms with E-state index >= 15 is 0 Å². The van der Waals surface area contributed by atoms with Gasteiger partial charge in [0.05, 0.1) is 5.41 Å². The van der Waals surface area contributed by atoms with Gasteiger partial charge in [0, 0.05) is 33.6 Å². The Hall–Kier alpha value is -1.79. The third kappa shape index (κ3) is 5.58. The number of carbonyl (C=O) groups is 3. The standard InChI is InChI=1S/C12H23N3O4/c1-5-12(2,10(17)18)8-14-11(19)15(4)7-6-9(16)13-3/h5-8H2,1-4H3,(H,13,16)(H,14,19)(H,17,18). The first-order chi connectivity index (χ1) is 8.76. The van der Waals surface area contributed by atoms with Gasteiger partial charge in [0.25, 0.3) is 0 Å². The summed E-state index contributed by atoms with van der Waals surface area (Å²) in [4.78, 5) is 35.2. The number of rotatable bonds is 7. The topological polar surface area (TPSA) is 98.7 Å². The van der Waals surface area contributed by atoms with Gasteiger partial charge in [0.2, 0.25) is 5.91 Å². The Balaban J connectivity index is 4.23. The molecule has 0 aliphatic rings. The molecule has 7 heteroatoms. The molecule has 0 aromatic rings. The summed E-state index contributed by atoms with van der Waals surface area (Å²) in [6, 6.07) is -0.384. The van der Waals surface area contributed by atoms with Crippen molar-refractivity contribution in [1.82, 2.24) is 15.5 Å². The number of amides is 3. The molecular formula is C12H23N3O4. The van der Waals surface area contributed by atoms with E-state index in [-0.39, 0.29) is 31.4 Å². The van der Waals surface area contributed by atoms with Gasteiger partial charge in [-0.15, -0.1) is 0 Å². The Kier molecular flexibility index (Phi) is 6.89. The van der Waals surface area contributed by atoms with E-state index in [1.165, 1.54) is 11.9 Å². The molecule has 0 fully saturated rings. The van der Waals surface area contributed by atoms with Crippen molar-refractivity contribution < 1.29 is 19.5 Å². The van der Waals surface area contributed by atoms with Gasteiger partial charge in [0.15, 0.2) is 0 Å². The van der Waals surface area contributed by atoms with E-state index in [9.17, 15) is 14.4 Å². The molecule has 0 saturated carbocycles. The molecule has 0 aliphatic carbocycles. The average molecular weight is 273 g/mol. The van der Waals surface area contributed by atoms with Crippen molar-refractivity contribution in [3.63, 3.8) is 0 Å². The Bertz CT molecular complexity index is 346. The lowest BCUT2D eigenvalue weighted by molar-refractivity contribution is -0.147. The van der Waals surface area contributed by atoms with Crippen LogP contribution in [0.3, 0.4) is 0 Å². The zero-order valence-electron chi connectivity index (χ0n) is 11.9. The second-order valence-electron chi connectivity index (χ2n) is 4.72. The number of hydrogen-bond donors (Lipinski definition) is 3. The van der Waals surface area contributed by atoms with Crippen LogP contribution in [0.1, 0.15) is 26.7 Å². The number of hydrogen-bond acceptors (Lipinski definition) is 3. The van der Waals surface area contributed by atoms with Gasteiger partial charge in [0.1, 0.15) is 0 Å². The van der Waals surface area contributed by atoms with Gasteiger partial charge in [-0.3, -0.25) is 9.59 Å². The van der Waals surface area contributed by atoms with Crippen LogP contribution in [-0.4, -0.2) is 55.1 Å². The SMILES string of the molecule is CCC(C)(CNC(=O)N(C)CCC(=O)NC)C(=O)O. The number of aliphatic carboxylic acids is 1. The second-order valence-corrected chi connectivity index (χ2v) is 4.72. The molecular weight excluding hydrogens is 250 g/mol. The lowest BCUT2D eigenvalue weighted by Crippen LogP contribution is -2.45. The largest absolute Gasteiger partial charge is 0.481 e. The molecule has 110 valence electrons. The second kappa shape index (κ2) is 7.60. The molecule has 1 atom stereocenters. The molecule has 3 N–H and O–H groups in total. The van der Waals surface area contributed by atoms with Crippen molar-refractivity contribution in [3.8, 4) is 0 Å². The fourth-order valence-electron chi connectivity index (χ4n) is 1.25. The Morgan fingerprint density at radius 1 is 1.32 bits per heavy atom. The lowest BCUT2D eigenvalue weighted by atomic mass is 9.88. The molecule has 3 amide bonds. The molecule has 0 radical (unpaired) electrons. The van der Waals surface area contributed by atoms with E-state index < -0.39 is 11.4 Å². The molecule has 0 rings (SSSR count). The Morgan fingerprint density at radius 2 is 1.89 bits per heavy atom. The van der Waals surface area contributed by atoms with Crippen LogP contribution in [0.5, 0.6) is 0 Å². The van der Waals surface area contributed by atoms with Gasteiger partial charge < -0.3 is 20.6 Å². The molecule has 1 unspecified atom stereocenters. The van der Waals surface area contributed by atoms with Crippen LogP contribution in [-0.2, 0) is 9.59 Å². The summed E-state index contributed by atoms with van der Waals surface area (Å²) in [5, 5.41) is 14.1. The molecule has 0 bridgehead atoms. The van der Waals surface area contributed by atoms with E-state index in [0.717, 1.165) is 0 Å². The molecule has 0 spiro atoms. The smallest absolute Gasteiger partial charge is 0.317 e. The van der Waals surface area contributed by atoms with Crippen molar-refractivity contribution in [3.05, 3.63) is 0 Å². The highest BCUT2D eigenvalue weighted by Gasteiger charge is 2.31. The van der Waals surface area contributed by atoms with Crippen molar-refractivity contribution in [2.45, 2.75) is 26.7 Å². The van der Waals surface area contributed by atoms with Gasteiger partial charge >= 0.3 is 12.0 Å². The first-order valence-corrected chi connectivity index (χ1v) is 6.19. The van der Waals surface area contributed by atoms with Crippen molar-refractivity contribution in [2.24, 2.45) is 5.41 Å². The number of urea groups is 1. The van der Waals surface area contributed by atoms with Gasteiger partial charge in [-0.1, -0.05) is 6.92 Å². The zero-order chi connectivity index (χ0) is 15.1. The van der Waals surface area contributed by atoms with Crippen molar-refractivity contribution >= 4 is 17.9 Å². The highest BCUT2D eigenvalue weighted by molar-refractivity contribution is 5.79. The molecule has 0 aliphatic heterocycles. The van der Waals surface area contributed by atoms with Crippen LogP contribution in [0.15, 0.2) is 0 Å². The summed E-state index contributed by atoms with van der Waals surface area (Å²) in [5.74, 6) is -1.09. The van der Waals surface area contributed by atoms with Crippen molar-refractivity contribution in [2.75, 3.05) is 27.2 Å². The maximum absolute atomic E-state index is 11.7. The predicted octanol–water partition coefficient (Wildman–Crippen LogP) is 0.265. The van der Waals surface area contributed by atoms with Crippen LogP contribution >= 0.6 is 0 Å². The van der Waals surface area contributed by atoms with Crippen LogP contribution < -0.4 is 10.6 Å². The summed E-state index contributed by atoms with van der Waals surface area (Å²) >= 11 is 0. The number of carboxylic acids is 1. The summed E-state index contributed by atoms with van der Waals surface area (Å²) in [5.41, 5.74) is -0.975. The third-order valence-electron chi connectivity index (χ3n) is 3.23. The minimum Gasteiger partial charge on any atom is -0.481 e. The predicted molar refractivity (Wildman–Crippen MR) is 70.7 cm³/mol. The monoisotopic (exact) mass is 273 g/mol. The number of carboxylic acid groups (broad SMARTS) is 1. The van der Waals surface area contributed by atoms with Crippen molar-refractivity contribution in [1.29, 1.82) is 0 Å². The molecule has 0 saturated heterocycles. The normalized spacial score (nSPS) is 13.3. The van der Waals surface area contributed by atoms with Gasteiger partial charge in [-0.05, 0) is 13.3 Å². The molecule has 19 heavy (non-hydrogen) atoms. The van der Waals surface area contributed by atoms with Gasteiger partial charge in [-0.25, -0.2) is 4.79 Å². The molecule has 0 heterocycles. The molecule has 0 aromatic carbocycles. The van der Waals surface area contributed by atoms with Gasteiger partial charge in [-0.2, -0.15) is 0 Å². The van der Waals surface area contributed by atoms with E-state index in [1.807, 2.05) is 0 Å². The molecule has 0 aromatic heterocycles. The highest BCUT2D eigenvalue weighted by Crippen LogP contribution is 2.19. The summed E-state index contributed by atoms with van der Waals surface area (Å²) in [6.45, 7) is 3.68. The fourth-order valence-corrected chi connectivity index (χ4v) is 1.25. The van der Waals surface area contributed by atoms with E-state index in [4.69, 9.17) is 5.11 Å². The van der Waals surface area contributed by atoms with E-state index in [0.29, 0.717) is 6.42 Å². The zero-order valence-corrected chi connectivity index (χ0v) is 11.9. The summed E-state index contributed by atoms with van der Waals surface area (Å²) < 4.78 is 0. The number of nitrogens with zero attached hydrogens (tertiary/aromatic N) is 1. The summed E-state index contributed by atoms with van der Waals surface area (Å²) in [7, 11) is 3.09. The minimum atomic E-state index is -0.975. The number of nitrogens with one attached hydrogen (secondary N) is 2. The average Bonchev–Trinajstić information content (AvgIpc) is 2.40.